The number of aromatic nitrogens is 3. The normalized spacial score (nSPS) is 10.5. The lowest BCUT2D eigenvalue weighted by Crippen LogP contribution is -2.08. The predicted molar refractivity (Wildman–Crippen MR) is 57.8 cm³/mol. The molecule has 5 nitrogen and oxygen atoms in total. The quantitative estimate of drug-likeness (QED) is 0.860. The lowest BCUT2D eigenvalue weighted by atomic mass is 10.2. The summed E-state index contributed by atoms with van der Waals surface area (Å²) in [6.07, 6.45) is 2.68. The fraction of sp³-hybridized carbons (Fsp3) is 0.182. The number of rotatable bonds is 2. The van der Waals surface area contributed by atoms with Crippen LogP contribution in [0.25, 0.3) is 5.82 Å². The molecule has 2 aromatic heterocycles. The van der Waals surface area contributed by atoms with E-state index in [2.05, 4.69) is 9.97 Å². The van der Waals surface area contributed by atoms with Gasteiger partial charge in [-0.3, -0.25) is 4.57 Å². The third kappa shape index (κ3) is 1.77. The Bertz CT molecular complexity index is 592. The van der Waals surface area contributed by atoms with Crippen molar-refractivity contribution in [3.05, 3.63) is 41.4 Å². The number of halogens is 1. The molecule has 2 rings (SSSR count). The van der Waals surface area contributed by atoms with Crippen LogP contribution in [0.1, 0.15) is 21.7 Å². The lowest BCUT2D eigenvalue weighted by molar-refractivity contribution is 0.0691. The topological polar surface area (TPSA) is 68.0 Å². The van der Waals surface area contributed by atoms with Crippen molar-refractivity contribution < 1.29 is 14.3 Å². The molecule has 0 unspecified atom stereocenters. The first-order valence-electron chi connectivity index (χ1n) is 4.91. The number of aryl methyl sites for hydroxylation is 1. The second kappa shape index (κ2) is 3.97. The Balaban J connectivity index is 2.65. The first-order chi connectivity index (χ1) is 8.02. The van der Waals surface area contributed by atoms with Crippen molar-refractivity contribution in [2.75, 3.05) is 0 Å². The summed E-state index contributed by atoms with van der Waals surface area (Å²) in [7, 11) is 0. The van der Waals surface area contributed by atoms with E-state index >= 15 is 0 Å². The van der Waals surface area contributed by atoms with Crippen LogP contribution in [-0.2, 0) is 0 Å². The molecule has 0 aliphatic heterocycles. The summed E-state index contributed by atoms with van der Waals surface area (Å²) in [6, 6.07) is 1.13. The van der Waals surface area contributed by atoms with E-state index in [0.29, 0.717) is 0 Å². The maximum atomic E-state index is 13.9. The largest absolute Gasteiger partial charge is 0.478 e. The van der Waals surface area contributed by atoms with Crippen molar-refractivity contribution in [2.24, 2.45) is 0 Å². The van der Waals surface area contributed by atoms with Crippen LogP contribution in [0.2, 0.25) is 0 Å². The van der Waals surface area contributed by atoms with Gasteiger partial charge < -0.3 is 5.11 Å². The molecule has 0 aromatic carbocycles. The molecule has 17 heavy (non-hydrogen) atoms. The van der Waals surface area contributed by atoms with Gasteiger partial charge in [-0.05, 0) is 19.9 Å². The van der Waals surface area contributed by atoms with E-state index in [1.165, 1.54) is 17.1 Å². The molecule has 6 heteroatoms. The SMILES string of the molecule is Cc1ncn(-c2nccc(C(=O)O)c2F)c1C. The summed E-state index contributed by atoms with van der Waals surface area (Å²) in [5.74, 6) is -2.23. The summed E-state index contributed by atoms with van der Waals surface area (Å²) in [5, 5.41) is 8.82. The number of carbonyl (C=O) groups is 1. The van der Waals surface area contributed by atoms with Crippen LogP contribution in [0.4, 0.5) is 4.39 Å². The van der Waals surface area contributed by atoms with Gasteiger partial charge in [0.1, 0.15) is 11.9 Å². The number of carboxylic acid groups (broad SMARTS) is 1. The Kier molecular flexibility index (Phi) is 2.63. The average molecular weight is 235 g/mol. The fourth-order valence-corrected chi connectivity index (χ4v) is 1.48. The second-order valence-electron chi connectivity index (χ2n) is 3.59. The first-order valence-corrected chi connectivity index (χ1v) is 4.91. The third-order valence-corrected chi connectivity index (χ3v) is 2.58. The molecule has 0 atom stereocenters. The number of nitrogens with zero attached hydrogens (tertiary/aromatic N) is 3. The molecule has 2 heterocycles. The van der Waals surface area contributed by atoms with Crippen molar-refractivity contribution >= 4 is 5.97 Å². The Labute approximate surface area is 96.6 Å². The molecule has 1 N–H and O–H groups in total. The van der Waals surface area contributed by atoms with Crippen molar-refractivity contribution in [1.29, 1.82) is 0 Å². The number of aromatic carboxylic acids is 1. The van der Waals surface area contributed by atoms with E-state index in [-0.39, 0.29) is 5.82 Å². The van der Waals surface area contributed by atoms with Crippen molar-refractivity contribution in [1.82, 2.24) is 14.5 Å². The maximum Gasteiger partial charge on any atom is 0.338 e. The van der Waals surface area contributed by atoms with Crippen LogP contribution in [0.15, 0.2) is 18.6 Å². The molecule has 0 amide bonds. The van der Waals surface area contributed by atoms with Crippen molar-refractivity contribution in [3.8, 4) is 5.82 Å². The van der Waals surface area contributed by atoms with Crippen molar-refractivity contribution in [3.63, 3.8) is 0 Å². The van der Waals surface area contributed by atoms with Gasteiger partial charge in [0.25, 0.3) is 0 Å². The Hall–Kier alpha value is -2.24. The smallest absolute Gasteiger partial charge is 0.338 e. The minimum Gasteiger partial charge on any atom is -0.478 e. The molecule has 88 valence electrons. The zero-order chi connectivity index (χ0) is 12.6. The van der Waals surface area contributed by atoms with E-state index < -0.39 is 17.3 Å². The fourth-order valence-electron chi connectivity index (χ4n) is 1.48. The van der Waals surface area contributed by atoms with Crippen LogP contribution in [-0.4, -0.2) is 25.6 Å². The molecule has 0 aliphatic carbocycles. The number of hydrogen-bond acceptors (Lipinski definition) is 3. The zero-order valence-electron chi connectivity index (χ0n) is 9.31. The highest BCUT2D eigenvalue weighted by molar-refractivity contribution is 5.88. The molecule has 2 aromatic rings. The lowest BCUT2D eigenvalue weighted by Gasteiger charge is -2.07. The molecule has 0 aliphatic rings. The highest BCUT2D eigenvalue weighted by atomic mass is 19.1. The third-order valence-electron chi connectivity index (χ3n) is 2.58. The molecular weight excluding hydrogens is 225 g/mol. The highest BCUT2D eigenvalue weighted by Crippen LogP contribution is 2.17. The van der Waals surface area contributed by atoms with Crippen molar-refractivity contribution in [2.45, 2.75) is 13.8 Å². The van der Waals surface area contributed by atoms with Gasteiger partial charge in [-0.25, -0.2) is 19.2 Å². The summed E-state index contributed by atoms with van der Waals surface area (Å²) >= 11 is 0. The number of pyridine rings is 1. The maximum absolute atomic E-state index is 13.9. The van der Waals surface area contributed by atoms with Gasteiger partial charge in [-0.1, -0.05) is 0 Å². The molecular formula is C11H10FN3O2. The molecule has 0 radical (unpaired) electrons. The Morgan fingerprint density at radius 3 is 2.65 bits per heavy atom. The summed E-state index contributed by atoms with van der Waals surface area (Å²) in [6.45, 7) is 3.54. The number of carboxylic acids is 1. The standard InChI is InChI=1S/C11H10FN3O2/c1-6-7(2)15(5-14-6)10-9(12)8(11(16)17)3-4-13-10/h3-5H,1-2H3,(H,16,17). The molecule has 0 fully saturated rings. The Morgan fingerprint density at radius 2 is 2.12 bits per heavy atom. The first kappa shape index (κ1) is 11.3. The van der Waals surface area contributed by atoms with E-state index in [0.717, 1.165) is 17.5 Å². The van der Waals surface area contributed by atoms with Gasteiger partial charge >= 0.3 is 5.97 Å². The van der Waals surface area contributed by atoms with E-state index in [1.54, 1.807) is 13.8 Å². The second-order valence-corrected chi connectivity index (χ2v) is 3.59. The molecule has 0 saturated heterocycles. The molecule has 0 bridgehead atoms. The monoisotopic (exact) mass is 235 g/mol. The van der Waals surface area contributed by atoms with Crippen LogP contribution in [0, 0.1) is 19.7 Å². The number of imidazole rings is 1. The van der Waals surface area contributed by atoms with Crippen LogP contribution >= 0.6 is 0 Å². The van der Waals surface area contributed by atoms with Crippen LogP contribution < -0.4 is 0 Å². The van der Waals surface area contributed by atoms with E-state index in [9.17, 15) is 9.18 Å². The molecule has 0 saturated carbocycles. The predicted octanol–water partition coefficient (Wildman–Crippen LogP) is 1.72. The average Bonchev–Trinajstić information content (AvgIpc) is 2.60. The van der Waals surface area contributed by atoms with Gasteiger partial charge in [0.2, 0.25) is 0 Å². The Morgan fingerprint density at radius 1 is 1.41 bits per heavy atom. The van der Waals surface area contributed by atoms with Gasteiger partial charge in [0, 0.05) is 11.9 Å². The van der Waals surface area contributed by atoms with Gasteiger partial charge in [-0.2, -0.15) is 0 Å². The van der Waals surface area contributed by atoms with Gasteiger partial charge in [-0.15, -0.1) is 0 Å². The van der Waals surface area contributed by atoms with E-state index in [4.69, 9.17) is 5.11 Å². The van der Waals surface area contributed by atoms with E-state index in [1.807, 2.05) is 0 Å². The van der Waals surface area contributed by atoms with Gasteiger partial charge in [0.05, 0.1) is 5.69 Å². The van der Waals surface area contributed by atoms with Crippen LogP contribution in [0.3, 0.4) is 0 Å². The summed E-state index contributed by atoms with van der Waals surface area (Å²) in [5.41, 5.74) is 1.06. The van der Waals surface area contributed by atoms with Crippen LogP contribution in [0.5, 0.6) is 0 Å². The van der Waals surface area contributed by atoms with Gasteiger partial charge in [0.15, 0.2) is 11.6 Å². The molecule has 0 spiro atoms. The minimum atomic E-state index is -1.32. The minimum absolute atomic E-state index is 0.0528. The zero-order valence-corrected chi connectivity index (χ0v) is 9.31. The summed E-state index contributed by atoms with van der Waals surface area (Å²) < 4.78 is 15.3. The number of hydrogen-bond donors (Lipinski definition) is 1. The highest BCUT2D eigenvalue weighted by Gasteiger charge is 2.17. The summed E-state index contributed by atoms with van der Waals surface area (Å²) in [4.78, 5) is 18.7.